The van der Waals surface area contributed by atoms with Crippen LogP contribution in [0.1, 0.15) is 64.0 Å². The average Bonchev–Trinajstić information content (AvgIpc) is 3.15. The van der Waals surface area contributed by atoms with E-state index in [1.165, 1.54) is 36.1 Å². The van der Waals surface area contributed by atoms with E-state index in [0.29, 0.717) is 18.3 Å². The molecule has 1 aromatic carbocycles. The minimum absolute atomic E-state index is 0.134. The summed E-state index contributed by atoms with van der Waals surface area (Å²) in [6.07, 6.45) is 6.51. The van der Waals surface area contributed by atoms with Gasteiger partial charge in [-0.15, -0.1) is 0 Å². The van der Waals surface area contributed by atoms with Crippen molar-refractivity contribution in [1.29, 1.82) is 0 Å². The van der Waals surface area contributed by atoms with Crippen LogP contribution in [-0.2, 0) is 9.53 Å². The molecule has 0 unspecified atom stereocenters. The molecular weight excluding hydrogens is 397 g/mol. The van der Waals surface area contributed by atoms with E-state index in [1.807, 2.05) is 0 Å². The van der Waals surface area contributed by atoms with Crippen molar-refractivity contribution in [3.63, 3.8) is 0 Å². The highest BCUT2D eigenvalue weighted by Crippen LogP contribution is 2.39. The summed E-state index contributed by atoms with van der Waals surface area (Å²) in [7, 11) is 0. The van der Waals surface area contributed by atoms with Gasteiger partial charge in [0.2, 0.25) is 5.95 Å². The number of carbonyl (C=O) groups is 1. The van der Waals surface area contributed by atoms with E-state index in [2.05, 4.69) is 27.8 Å². The number of halogens is 2. The van der Waals surface area contributed by atoms with Crippen molar-refractivity contribution in [2.45, 2.75) is 58.4 Å². The van der Waals surface area contributed by atoms with Crippen LogP contribution < -0.4 is 5.32 Å². The number of aromatic nitrogens is 4. The van der Waals surface area contributed by atoms with E-state index < -0.39 is 17.8 Å². The number of ether oxygens (including phenoxy) is 1. The van der Waals surface area contributed by atoms with E-state index in [0.717, 1.165) is 19.3 Å². The molecule has 156 valence electrons. The van der Waals surface area contributed by atoms with Crippen molar-refractivity contribution in [1.82, 2.24) is 20.2 Å². The molecule has 2 aromatic rings. The maximum atomic E-state index is 14.7. The lowest BCUT2D eigenvalue weighted by Crippen LogP contribution is -2.30. The second-order valence-electron chi connectivity index (χ2n) is 7.05. The van der Waals surface area contributed by atoms with Crippen LogP contribution >= 0.6 is 11.6 Å². The van der Waals surface area contributed by atoms with Crippen LogP contribution in [0, 0.1) is 5.82 Å². The maximum Gasteiger partial charge on any atom is 0.338 e. The zero-order valence-electron chi connectivity index (χ0n) is 16.6. The number of rotatable bonds is 9. The summed E-state index contributed by atoms with van der Waals surface area (Å²) in [5, 5.41) is 14.6. The Morgan fingerprint density at radius 1 is 1.28 bits per heavy atom. The number of unbranched alkanes of at least 4 members (excludes halogenated alkanes) is 5. The van der Waals surface area contributed by atoms with Crippen LogP contribution in [0.2, 0.25) is 5.02 Å². The van der Waals surface area contributed by atoms with Gasteiger partial charge < -0.3 is 10.1 Å². The molecule has 9 heteroatoms. The molecule has 0 fully saturated rings. The molecule has 0 saturated carbocycles. The fraction of sp³-hybridized carbons (Fsp3) is 0.500. The molecule has 2 heterocycles. The van der Waals surface area contributed by atoms with Gasteiger partial charge in [-0.25, -0.2) is 9.18 Å². The van der Waals surface area contributed by atoms with Crippen LogP contribution in [0.3, 0.4) is 0 Å². The van der Waals surface area contributed by atoms with Gasteiger partial charge in [0, 0.05) is 16.3 Å². The van der Waals surface area contributed by atoms with Crippen LogP contribution in [0.15, 0.2) is 29.5 Å². The zero-order chi connectivity index (χ0) is 20.8. The fourth-order valence-electron chi connectivity index (χ4n) is 3.44. The van der Waals surface area contributed by atoms with Gasteiger partial charge in [-0.1, -0.05) is 61.8 Å². The van der Waals surface area contributed by atoms with Crippen LogP contribution in [-0.4, -0.2) is 32.8 Å². The van der Waals surface area contributed by atoms with Gasteiger partial charge in [0.25, 0.3) is 0 Å². The highest BCUT2D eigenvalue weighted by molar-refractivity contribution is 6.31. The van der Waals surface area contributed by atoms with Gasteiger partial charge in [-0.3, -0.25) is 0 Å². The number of benzene rings is 1. The molecule has 0 aliphatic carbocycles. The van der Waals surface area contributed by atoms with Gasteiger partial charge in [-0.05, 0) is 35.9 Å². The monoisotopic (exact) mass is 421 g/mol. The molecule has 1 atom stereocenters. The third kappa shape index (κ3) is 4.75. The molecule has 7 nitrogen and oxygen atoms in total. The van der Waals surface area contributed by atoms with E-state index in [1.54, 1.807) is 13.0 Å². The number of nitrogens with one attached hydrogen (secondary N) is 1. The largest absolute Gasteiger partial charge is 0.462 e. The summed E-state index contributed by atoms with van der Waals surface area (Å²) in [4.78, 5) is 12.9. The Labute approximate surface area is 174 Å². The third-order valence-electron chi connectivity index (χ3n) is 4.94. The number of carbonyl (C=O) groups excluding carboxylic acids is 1. The summed E-state index contributed by atoms with van der Waals surface area (Å²) in [5.41, 5.74) is 0.877. The standard InChI is InChI=1S/C20H25ClFN5O2/c1-3-4-5-6-7-8-12-29-19(28)16-13(2)23-20-24-25-26-27(20)18(16)17-14(21)10-9-11-15(17)22/h9-11,18H,3-8,12H2,1-2H3,(H,23,24,26)/t18-/m1/s1. The zero-order valence-corrected chi connectivity index (χ0v) is 17.4. The number of hydrogen-bond donors (Lipinski definition) is 1. The minimum Gasteiger partial charge on any atom is -0.462 e. The van der Waals surface area contributed by atoms with E-state index in [9.17, 15) is 9.18 Å². The quantitative estimate of drug-likeness (QED) is 0.468. The molecule has 0 radical (unpaired) electrons. The van der Waals surface area contributed by atoms with Gasteiger partial charge in [0.05, 0.1) is 12.2 Å². The minimum atomic E-state index is -0.910. The summed E-state index contributed by atoms with van der Waals surface area (Å²) in [5.74, 6) is -0.770. The first-order valence-electron chi connectivity index (χ1n) is 9.91. The predicted molar refractivity (Wildman–Crippen MR) is 108 cm³/mol. The number of esters is 1. The lowest BCUT2D eigenvalue weighted by atomic mass is 9.95. The van der Waals surface area contributed by atoms with Crippen LogP contribution in [0.25, 0.3) is 0 Å². The Kier molecular flexibility index (Phi) is 7.19. The molecule has 0 saturated heterocycles. The molecular formula is C20H25ClFN5O2. The number of tetrazole rings is 1. The fourth-order valence-corrected chi connectivity index (χ4v) is 3.71. The summed E-state index contributed by atoms with van der Waals surface area (Å²) in [6, 6.07) is 3.46. The van der Waals surface area contributed by atoms with Crippen molar-refractivity contribution < 1.29 is 13.9 Å². The molecule has 0 bridgehead atoms. The first kappa shape index (κ1) is 21.2. The number of hydrogen-bond acceptors (Lipinski definition) is 6. The summed E-state index contributed by atoms with van der Waals surface area (Å²) < 4.78 is 21.5. The molecule has 29 heavy (non-hydrogen) atoms. The van der Waals surface area contributed by atoms with Crippen molar-refractivity contribution in [3.8, 4) is 0 Å². The molecule has 0 amide bonds. The highest BCUT2D eigenvalue weighted by Gasteiger charge is 2.37. The predicted octanol–water partition coefficient (Wildman–Crippen LogP) is 4.66. The highest BCUT2D eigenvalue weighted by atomic mass is 35.5. The van der Waals surface area contributed by atoms with Gasteiger partial charge in [0.1, 0.15) is 11.9 Å². The molecule has 0 spiro atoms. The first-order chi connectivity index (χ1) is 14.0. The maximum absolute atomic E-state index is 14.7. The van der Waals surface area contributed by atoms with Crippen molar-refractivity contribution >= 4 is 23.5 Å². The Hall–Kier alpha value is -2.48. The molecule has 1 N–H and O–H groups in total. The third-order valence-corrected chi connectivity index (χ3v) is 5.27. The Morgan fingerprint density at radius 2 is 2.03 bits per heavy atom. The second kappa shape index (κ2) is 9.82. The van der Waals surface area contributed by atoms with Gasteiger partial charge >= 0.3 is 5.97 Å². The average molecular weight is 422 g/mol. The first-order valence-corrected chi connectivity index (χ1v) is 10.3. The molecule has 3 rings (SSSR count). The molecule has 1 aliphatic heterocycles. The van der Waals surface area contributed by atoms with Crippen molar-refractivity contribution in [2.24, 2.45) is 0 Å². The van der Waals surface area contributed by atoms with Gasteiger partial charge in [0.15, 0.2) is 0 Å². The lowest BCUT2D eigenvalue weighted by Gasteiger charge is -2.28. The number of fused-ring (bicyclic) bond motifs is 1. The number of allylic oxidation sites excluding steroid dienone is 1. The molecule has 1 aromatic heterocycles. The number of nitrogens with zero attached hydrogens (tertiary/aromatic N) is 4. The van der Waals surface area contributed by atoms with E-state index >= 15 is 0 Å². The van der Waals surface area contributed by atoms with E-state index in [4.69, 9.17) is 16.3 Å². The van der Waals surface area contributed by atoms with Crippen LogP contribution in [0.5, 0.6) is 0 Å². The SMILES string of the molecule is CCCCCCCCOC(=O)C1=C(C)Nc2nnnn2[C@H]1c1c(F)cccc1Cl. The number of anilines is 1. The summed E-state index contributed by atoms with van der Waals surface area (Å²) >= 11 is 6.28. The lowest BCUT2D eigenvalue weighted by molar-refractivity contribution is -0.139. The van der Waals surface area contributed by atoms with Gasteiger partial charge in [-0.2, -0.15) is 4.68 Å². The Balaban J connectivity index is 1.79. The van der Waals surface area contributed by atoms with Crippen molar-refractivity contribution in [2.75, 3.05) is 11.9 Å². The van der Waals surface area contributed by atoms with Crippen LogP contribution in [0.4, 0.5) is 10.3 Å². The van der Waals surface area contributed by atoms with E-state index in [-0.39, 0.29) is 16.2 Å². The topological polar surface area (TPSA) is 81.9 Å². The molecule has 1 aliphatic rings. The Bertz CT molecular complexity index is 878. The normalized spacial score (nSPS) is 15.8. The smallest absolute Gasteiger partial charge is 0.338 e. The Morgan fingerprint density at radius 3 is 2.79 bits per heavy atom. The summed E-state index contributed by atoms with van der Waals surface area (Å²) in [6.45, 7) is 4.19. The second-order valence-corrected chi connectivity index (χ2v) is 7.46. The van der Waals surface area contributed by atoms with Crippen molar-refractivity contribution in [3.05, 3.63) is 45.9 Å².